The van der Waals surface area contributed by atoms with E-state index in [9.17, 15) is 4.79 Å². The SMILES string of the molecule is Cc1ccncc1NC(=O)/C=C/c1ccccc1Br. The highest BCUT2D eigenvalue weighted by Gasteiger charge is 2.01. The van der Waals surface area contributed by atoms with E-state index in [1.165, 1.54) is 6.08 Å². The van der Waals surface area contributed by atoms with Crippen LogP contribution in [0.1, 0.15) is 11.1 Å². The second-order valence-corrected chi connectivity index (χ2v) is 4.89. The Morgan fingerprint density at radius 1 is 1.32 bits per heavy atom. The Kier molecular flexibility index (Phi) is 4.47. The molecule has 0 spiro atoms. The second kappa shape index (κ2) is 6.29. The summed E-state index contributed by atoms with van der Waals surface area (Å²) in [4.78, 5) is 15.8. The normalized spacial score (nSPS) is 10.6. The van der Waals surface area contributed by atoms with Crippen LogP contribution < -0.4 is 5.32 Å². The van der Waals surface area contributed by atoms with E-state index in [0.717, 1.165) is 21.3 Å². The smallest absolute Gasteiger partial charge is 0.248 e. The van der Waals surface area contributed by atoms with Crippen LogP contribution in [0.5, 0.6) is 0 Å². The third-order valence-electron chi connectivity index (χ3n) is 2.62. The first kappa shape index (κ1) is 13.5. The van der Waals surface area contributed by atoms with Gasteiger partial charge in [0.25, 0.3) is 0 Å². The minimum Gasteiger partial charge on any atom is -0.321 e. The molecule has 0 aliphatic carbocycles. The van der Waals surface area contributed by atoms with Crippen molar-refractivity contribution in [2.45, 2.75) is 6.92 Å². The Labute approximate surface area is 120 Å². The lowest BCUT2D eigenvalue weighted by molar-refractivity contribution is -0.111. The van der Waals surface area contributed by atoms with Crippen molar-refractivity contribution in [3.8, 4) is 0 Å². The zero-order valence-corrected chi connectivity index (χ0v) is 12.0. The van der Waals surface area contributed by atoms with Gasteiger partial charge in [-0.1, -0.05) is 34.1 Å². The molecule has 3 nitrogen and oxygen atoms in total. The molecule has 0 radical (unpaired) electrons. The minimum atomic E-state index is -0.174. The fourth-order valence-electron chi connectivity index (χ4n) is 1.54. The van der Waals surface area contributed by atoms with Crippen molar-refractivity contribution < 1.29 is 4.79 Å². The Morgan fingerprint density at radius 2 is 2.11 bits per heavy atom. The van der Waals surface area contributed by atoms with Gasteiger partial charge >= 0.3 is 0 Å². The van der Waals surface area contributed by atoms with Gasteiger partial charge in [0.15, 0.2) is 0 Å². The summed E-state index contributed by atoms with van der Waals surface area (Å²) in [6.07, 6.45) is 6.61. The van der Waals surface area contributed by atoms with Gasteiger partial charge in [-0.15, -0.1) is 0 Å². The summed E-state index contributed by atoms with van der Waals surface area (Å²) in [5.41, 5.74) is 2.67. The predicted octanol–water partition coefficient (Wildman–Crippen LogP) is 3.80. The third-order valence-corrected chi connectivity index (χ3v) is 3.34. The molecule has 2 aromatic rings. The van der Waals surface area contributed by atoms with Gasteiger partial charge in [0.1, 0.15) is 0 Å². The first-order chi connectivity index (χ1) is 9.16. The van der Waals surface area contributed by atoms with Crippen LogP contribution in [0, 0.1) is 6.92 Å². The fraction of sp³-hybridized carbons (Fsp3) is 0.0667. The Morgan fingerprint density at radius 3 is 2.84 bits per heavy atom. The molecule has 0 bridgehead atoms. The number of aromatic nitrogens is 1. The summed E-state index contributed by atoms with van der Waals surface area (Å²) in [6.45, 7) is 1.93. The van der Waals surface area contributed by atoms with Crippen molar-refractivity contribution in [2.75, 3.05) is 5.32 Å². The molecule has 4 heteroatoms. The number of nitrogens with one attached hydrogen (secondary N) is 1. The summed E-state index contributed by atoms with van der Waals surface area (Å²) in [5.74, 6) is -0.174. The van der Waals surface area contributed by atoms with Crippen LogP contribution in [0.2, 0.25) is 0 Å². The van der Waals surface area contributed by atoms with E-state index in [0.29, 0.717) is 0 Å². The topological polar surface area (TPSA) is 42.0 Å². The Hall–Kier alpha value is -1.94. The molecule has 96 valence electrons. The van der Waals surface area contributed by atoms with Gasteiger partial charge in [0, 0.05) is 16.7 Å². The van der Waals surface area contributed by atoms with E-state index in [1.54, 1.807) is 18.5 Å². The highest BCUT2D eigenvalue weighted by atomic mass is 79.9. The van der Waals surface area contributed by atoms with Crippen molar-refractivity contribution in [2.24, 2.45) is 0 Å². The molecule has 0 saturated carbocycles. The van der Waals surface area contributed by atoms with Crippen molar-refractivity contribution >= 4 is 33.6 Å². The van der Waals surface area contributed by atoms with Gasteiger partial charge in [-0.3, -0.25) is 9.78 Å². The maximum atomic E-state index is 11.8. The summed E-state index contributed by atoms with van der Waals surface area (Å²) < 4.78 is 0.955. The number of benzene rings is 1. The van der Waals surface area contributed by atoms with Crippen LogP contribution in [-0.2, 0) is 4.79 Å². The lowest BCUT2D eigenvalue weighted by Crippen LogP contribution is -2.09. The van der Waals surface area contributed by atoms with E-state index in [4.69, 9.17) is 0 Å². The number of aryl methyl sites for hydroxylation is 1. The average Bonchev–Trinajstić information content (AvgIpc) is 2.40. The maximum Gasteiger partial charge on any atom is 0.248 e. The lowest BCUT2D eigenvalue weighted by atomic mass is 10.2. The average molecular weight is 317 g/mol. The molecule has 1 amide bonds. The van der Waals surface area contributed by atoms with Crippen LogP contribution in [0.15, 0.2) is 53.3 Å². The zero-order valence-electron chi connectivity index (χ0n) is 10.4. The quantitative estimate of drug-likeness (QED) is 0.875. The summed E-state index contributed by atoms with van der Waals surface area (Å²) in [5, 5.41) is 2.80. The fourth-order valence-corrected chi connectivity index (χ4v) is 1.96. The van der Waals surface area contributed by atoms with E-state index in [1.807, 2.05) is 37.3 Å². The number of halogens is 1. The number of carbonyl (C=O) groups is 1. The van der Waals surface area contributed by atoms with E-state index < -0.39 is 0 Å². The van der Waals surface area contributed by atoms with Crippen molar-refractivity contribution in [3.05, 3.63) is 64.4 Å². The molecule has 1 aromatic heterocycles. The number of hydrogen-bond donors (Lipinski definition) is 1. The molecule has 0 unspecified atom stereocenters. The van der Waals surface area contributed by atoms with Gasteiger partial charge in [-0.05, 0) is 36.3 Å². The lowest BCUT2D eigenvalue weighted by Gasteiger charge is -2.04. The number of pyridine rings is 1. The highest BCUT2D eigenvalue weighted by Crippen LogP contribution is 2.17. The summed E-state index contributed by atoms with van der Waals surface area (Å²) in [6, 6.07) is 9.58. The summed E-state index contributed by atoms with van der Waals surface area (Å²) >= 11 is 3.43. The number of hydrogen-bond acceptors (Lipinski definition) is 2. The van der Waals surface area contributed by atoms with Crippen LogP contribution in [0.3, 0.4) is 0 Å². The highest BCUT2D eigenvalue weighted by molar-refractivity contribution is 9.10. The molecule has 0 atom stereocenters. The molecule has 0 aliphatic rings. The third kappa shape index (κ3) is 3.76. The molecular formula is C15H13BrN2O. The number of carbonyl (C=O) groups excluding carboxylic acids is 1. The van der Waals surface area contributed by atoms with Gasteiger partial charge < -0.3 is 5.32 Å². The Bertz CT molecular complexity index is 623. The monoisotopic (exact) mass is 316 g/mol. The zero-order chi connectivity index (χ0) is 13.7. The van der Waals surface area contributed by atoms with Gasteiger partial charge in [-0.25, -0.2) is 0 Å². The molecule has 1 N–H and O–H groups in total. The molecule has 1 aromatic carbocycles. The first-order valence-electron chi connectivity index (χ1n) is 5.81. The Balaban J connectivity index is 2.06. The van der Waals surface area contributed by atoms with E-state index in [2.05, 4.69) is 26.2 Å². The molecule has 0 saturated heterocycles. The number of anilines is 1. The van der Waals surface area contributed by atoms with Crippen molar-refractivity contribution in [1.29, 1.82) is 0 Å². The van der Waals surface area contributed by atoms with Crippen molar-refractivity contribution in [3.63, 3.8) is 0 Å². The molecular weight excluding hydrogens is 304 g/mol. The number of nitrogens with zero attached hydrogens (tertiary/aromatic N) is 1. The number of amides is 1. The summed E-state index contributed by atoms with van der Waals surface area (Å²) in [7, 11) is 0. The standard InChI is InChI=1S/C15H13BrN2O/c1-11-8-9-17-10-14(11)18-15(19)7-6-12-4-2-3-5-13(12)16/h2-10H,1H3,(H,18,19)/b7-6+. The van der Waals surface area contributed by atoms with Gasteiger partial charge in [0.05, 0.1) is 11.9 Å². The van der Waals surface area contributed by atoms with E-state index >= 15 is 0 Å². The van der Waals surface area contributed by atoms with Gasteiger partial charge in [-0.2, -0.15) is 0 Å². The van der Waals surface area contributed by atoms with Crippen LogP contribution in [0.4, 0.5) is 5.69 Å². The van der Waals surface area contributed by atoms with Crippen LogP contribution in [-0.4, -0.2) is 10.9 Å². The molecule has 1 heterocycles. The minimum absolute atomic E-state index is 0.174. The second-order valence-electron chi connectivity index (χ2n) is 4.03. The molecule has 0 aliphatic heterocycles. The number of rotatable bonds is 3. The van der Waals surface area contributed by atoms with Gasteiger partial charge in [0.2, 0.25) is 5.91 Å². The van der Waals surface area contributed by atoms with Crippen LogP contribution >= 0.6 is 15.9 Å². The predicted molar refractivity (Wildman–Crippen MR) is 80.8 cm³/mol. The first-order valence-corrected chi connectivity index (χ1v) is 6.60. The van der Waals surface area contributed by atoms with E-state index in [-0.39, 0.29) is 5.91 Å². The molecule has 2 rings (SSSR count). The molecule has 19 heavy (non-hydrogen) atoms. The largest absolute Gasteiger partial charge is 0.321 e. The van der Waals surface area contributed by atoms with Crippen LogP contribution in [0.25, 0.3) is 6.08 Å². The van der Waals surface area contributed by atoms with Crippen molar-refractivity contribution in [1.82, 2.24) is 4.98 Å². The maximum absolute atomic E-state index is 11.8. The molecule has 0 fully saturated rings.